The zero-order valence-corrected chi connectivity index (χ0v) is 14.8. The van der Waals surface area contributed by atoms with Gasteiger partial charge >= 0.3 is 6.09 Å². The summed E-state index contributed by atoms with van der Waals surface area (Å²) >= 11 is 0. The molecule has 0 bridgehead atoms. The molecule has 0 unspecified atom stereocenters. The van der Waals surface area contributed by atoms with E-state index in [0.29, 0.717) is 5.56 Å². The van der Waals surface area contributed by atoms with Gasteiger partial charge in [0.15, 0.2) is 6.61 Å². The zero-order chi connectivity index (χ0) is 19.4. The summed E-state index contributed by atoms with van der Waals surface area (Å²) < 4.78 is 32.9. The lowest BCUT2D eigenvalue weighted by molar-refractivity contribution is -0.126. The highest BCUT2D eigenvalue weighted by molar-refractivity contribution is 7.89. The van der Waals surface area contributed by atoms with Crippen LogP contribution in [-0.2, 0) is 19.6 Å². The van der Waals surface area contributed by atoms with E-state index in [-0.39, 0.29) is 23.6 Å². The number of imide groups is 1. The van der Waals surface area contributed by atoms with Crippen molar-refractivity contribution >= 4 is 22.0 Å². The third kappa shape index (κ3) is 3.97. The van der Waals surface area contributed by atoms with Gasteiger partial charge in [0.2, 0.25) is 10.0 Å². The molecule has 1 aliphatic rings. The van der Waals surface area contributed by atoms with Gasteiger partial charge in [0.1, 0.15) is 6.07 Å². The van der Waals surface area contributed by atoms with E-state index in [4.69, 9.17) is 0 Å². The molecule has 27 heavy (non-hydrogen) atoms. The minimum Gasteiger partial charge on any atom is -0.439 e. The monoisotopic (exact) mass is 385 g/mol. The maximum atomic E-state index is 12.9. The predicted octanol–water partition coefficient (Wildman–Crippen LogP) is 1.56. The Morgan fingerprint density at radius 3 is 2.41 bits per heavy atom. The number of hydrogen-bond donors (Lipinski definition) is 1. The first kappa shape index (κ1) is 18.6. The molecule has 0 saturated carbocycles. The number of rotatable bonds is 6. The predicted molar refractivity (Wildman–Crippen MR) is 93.7 cm³/mol. The standard InChI is InChI=1S/C18H15N3O5S/c19-10-14-8-4-5-9-16(14)27(24,25)20-15(13-6-2-1-3-7-13)11-21-17(22)12-26-18(21)23/h1-9,15,20H,11-12H2/t15-/m0/s1. The summed E-state index contributed by atoms with van der Waals surface area (Å²) in [5, 5.41) is 9.18. The van der Waals surface area contributed by atoms with E-state index in [1.165, 1.54) is 18.2 Å². The van der Waals surface area contributed by atoms with Crippen LogP contribution < -0.4 is 4.72 Å². The summed E-state index contributed by atoms with van der Waals surface area (Å²) in [5.41, 5.74) is 0.552. The Labute approximate surface area is 156 Å². The van der Waals surface area contributed by atoms with Crippen LogP contribution in [0.25, 0.3) is 0 Å². The van der Waals surface area contributed by atoms with Gasteiger partial charge in [0, 0.05) is 0 Å². The van der Waals surface area contributed by atoms with Crippen LogP contribution in [0.3, 0.4) is 0 Å². The largest absolute Gasteiger partial charge is 0.439 e. The van der Waals surface area contributed by atoms with Crippen LogP contribution in [0.4, 0.5) is 4.79 Å². The molecule has 138 valence electrons. The first-order valence-electron chi connectivity index (χ1n) is 7.96. The minimum atomic E-state index is -4.09. The molecule has 1 N–H and O–H groups in total. The molecule has 2 aromatic rings. The summed E-state index contributed by atoms with van der Waals surface area (Å²) in [6, 6.07) is 15.3. The Hall–Kier alpha value is -3.22. The van der Waals surface area contributed by atoms with Gasteiger partial charge < -0.3 is 4.74 Å². The first-order valence-corrected chi connectivity index (χ1v) is 9.44. The van der Waals surface area contributed by atoms with Gasteiger partial charge in [0.05, 0.1) is 23.0 Å². The van der Waals surface area contributed by atoms with E-state index in [1.54, 1.807) is 36.4 Å². The lowest BCUT2D eigenvalue weighted by atomic mass is 10.1. The molecule has 0 aliphatic carbocycles. The van der Waals surface area contributed by atoms with Crippen molar-refractivity contribution in [3.8, 4) is 6.07 Å². The van der Waals surface area contributed by atoms with Gasteiger partial charge in [-0.25, -0.2) is 22.8 Å². The smallest absolute Gasteiger partial charge is 0.417 e. The molecular weight excluding hydrogens is 370 g/mol. The number of amides is 2. The second kappa shape index (κ2) is 7.57. The van der Waals surface area contributed by atoms with Crippen LogP contribution in [0.15, 0.2) is 59.5 Å². The van der Waals surface area contributed by atoms with Crippen LogP contribution in [-0.4, -0.2) is 38.5 Å². The SMILES string of the molecule is N#Cc1ccccc1S(=O)(=O)N[C@@H](CN1C(=O)COC1=O)c1ccccc1. The fourth-order valence-electron chi connectivity index (χ4n) is 2.68. The summed E-state index contributed by atoms with van der Waals surface area (Å²) in [6.07, 6.45) is -0.822. The lowest BCUT2D eigenvalue weighted by Gasteiger charge is -2.23. The number of hydrogen-bond acceptors (Lipinski definition) is 6. The van der Waals surface area contributed by atoms with Gasteiger partial charge in [0.25, 0.3) is 5.91 Å². The molecule has 1 saturated heterocycles. The lowest BCUT2D eigenvalue weighted by Crippen LogP contribution is -2.40. The summed E-state index contributed by atoms with van der Waals surface area (Å²) in [5.74, 6) is -0.544. The number of nitrogens with zero attached hydrogens (tertiary/aromatic N) is 2. The van der Waals surface area contributed by atoms with Crippen molar-refractivity contribution < 1.29 is 22.7 Å². The number of benzene rings is 2. The molecular formula is C18H15N3O5S. The fraction of sp³-hybridized carbons (Fsp3) is 0.167. The number of cyclic esters (lactones) is 1. The van der Waals surface area contributed by atoms with Crippen molar-refractivity contribution in [3.05, 3.63) is 65.7 Å². The van der Waals surface area contributed by atoms with Crippen LogP contribution in [0.2, 0.25) is 0 Å². The number of carbonyl (C=O) groups is 2. The molecule has 1 aliphatic heterocycles. The Morgan fingerprint density at radius 2 is 1.78 bits per heavy atom. The Morgan fingerprint density at radius 1 is 1.11 bits per heavy atom. The van der Waals surface area contributed by atoms with Crippen LogP contribution >= 0.6 is 0 Å². The van der Waals surface area contributed by atoms with Crippen molar-refractivity contribution in [3.63, 3.8) is 0 Å². The molecule has 0 radical (unpaired) electrons. The Kier molecular flexibility index (Phi) is 5.21. The molecule has 9 heteroatoms. The van der Waals surface area contributed by atoms with Gasteiger partial charge in [-0.1, -0.05) is 42.5 Å². The Balaban J connectivity index is 1.95. The van der Waals surface area contributed by atoms with Crippen molar-refractivity contribution in [2.75, 3.05) is 13.2 Å². The average Bonchev–Trinajstić information content (AvgIpc) is 3.00. The molecule has 0 spiro atoms. The summed E-state index contributed by atoms with van der Waals surface area (Å²) in [6.45, 7) is -0.597. The minimum absolute atomic E-state index is 0.00605. The second-order valence-corrected chi connectivity index (χ2v) is 7.43. The highest BCUT2D eigenvalue weighted by Crippen LogP contribution is 2.22. The molecule has 1 atom stereocenters. The maximum absolute atomic E-state index is 12.9. The normalized spacial score (nSPS) is 15.3. The van der Waals surface area contributed by atoms with Gasteiger partial charge in [-0.15, -0.1) is 0 Å². The van der Waals surface area contributed by atoms with Crippen molar-refractivity contribution in [1.29, 1.82) is 5.26 Å². The molecule has 8 nitrogen and oxygen atoms in total. The third-order valence-electron chi connectivity index (χ3n) is 4.00. The van der Waals surface area contributed by atoms with Gasteiger partial charge in [-0.2, -0.15) is 5.26 Å². The van der Waals surface area contributed by atoms with E-state index in [1.807, 2.05) is 6.07 Å². The second-order valence-electron chi connectivity index (χ2n) is 5.75. The summed E-state index contributed by atoms with van der Waals surface area (Å²) in [7, 11) is -4.09. The molecule has 1 fully saturated rings. The van der Waals surface area contributed by atoms with Gasteiger partial charge in [-0.3, -0.25) is 4.79 Å². The van der Waals surface area contributed by atoms with Crippen LogP contribution in [0.5, 0.6) is 0 Å². The number of nitrogens with one attached hydrogen (secondary N) is 1. The van der Waals surface area contributed by atoms with Crippen molar-refractivity contribution in [2.45, 2.75) is 10.9 Å². The number of nitriles is 1. The molecule has 2 aromatic carbocycles. The number of ether oxygens (including phenoxy) is 1. The van der Waals surface area contributed by atoms with E-state index >= 15 is 0 Å². The van der Waals surface area contributed by atoms with Crippen molar-refractivity contribution in [1.82, 2.24) is 9.62 Å². The van der Waals surface area contributed by atoms with E-state index in [9.17, 15) is 23.3 Å². The van der Waals surface area contributed by atoms with Crippen molar-refractivity contribution in [2.24, 2.45) is 0 Å². The molecule has 1 heterocycles. The summed E-state index contributed by atoms with van der Waals surface area (Å²) in [4.78, 5) is 24.3. The topological polar surface area (TPSA) is 117 Å². The highest BCUT2D eigenvalue weighted by Gasteiger charge is 2.35. The van der Waals surface area contributed by atoms with Crippen LogP contribution in [0.1, 0.15) is 17.2 Å². The molecule has 2 amide bonds. The first-order chi connectivity index (χ1) is 12.9. The Bertz CT molecular complexity index is 999. The maximum Gasteiger partial charge on any atom is 0.417 e. The van der Waals surface area contributed by atoms with E-state index < -0.39 is 28.1 Å². The number of carbonyl (C=O) groups excluding carboxylic acids is 2. The van der Waals surface area contributed by atoms with Crippen LogP contribution in [0, 0.1) is 11.3 Å². The zero-order valence-electron chi connectivity index (χ0n) is 14.0. The quantitative estimate of drug-likeness (QED) is 0.806. The number of sulfonamides is 1. The molecule has 0 aromatic heterocycles. The van der Waals surface area contributed by atoms with Gasteiger partial charge in [-0.05, 0) is 17.7 Å². The average molecular weight is 385 g/mol. The van der Waals surface area contributed by atoms with E-state index in [0.717, 1.165) is 4.90 Å². The molecule has 3 rings (SSSR count). The highest BCUT2D eigenvalue weighted by atomic mass is 32.2. The van der Waals surface area contributed by atoms with E-state index in [2.05, 4.69) is 9.46 Å². The fourth-order valence-corrected chi connectivity index (χ4v) is 4.05. The third-order valence-corrected chi connectivity index (χ3v) is 5.53.